The lowest BCUT2D eigenvalue weighted by Gasteiger charge is -2.40. The van der Waals surface area contributed by atoms with Crippen LogP contribution in [0.25, 0.3) is 11.2 Å². The summed E-state index contributed by atoms with van der Waals surface area (Å²) in [6.45, 7) is 16.0. The third-order valence-electron chi connectivity index (χ3n) is 11.8. The van der Waals surface area contributed by atoms with Crippen molar-refractivity contribution < 1.29 is 32.8 Å². The quantitative estimate of drug-likeness (QED) is 0.0331. The summed E-state index contributed by atoms with van der Waals surface area (Å²) in [7, 11) is 6.91. The van der Waals surface area contributed by atoms with E-state index in [1.165, 1.54) is 16.8 Å². The lowest BCUT2D eigenvalue weighted by Crippen LogP contribution is -2.43. The Labute approximate surface area is 434 Å². The zero-order valence-electron chi connectivity index (χ0n) is 42.9. The van der Waals surface area contributed by atoms with Gasteiger partial charge >= 0.3 is 0 Å². The minimum atomic E-state index is -1.73. The van der Waals surface area contributed by atoms with Gasteiger partial charge in [0.1, 0.15) is 35.6 Å². The molecule has 0 aliphatic rings. The van der Waals surface area contributed by atoms with Gasteiger partial charge in [-0.05, 0) is 98.8 Å². The first-order chi connectivity index (χ1) is 34.7. The molecule has 0 aliphatic carbocycles. The first-order valence-corrected chi connectivity index (χ1v) is 27.4. The highest BCUT2D eigenvalue weighted by Crippen LogP contribution is 2.49. The molecule has 0 aliphatic heterocycles. The molecule has 380 valence electrons. The fraction of sp³-hybridized carbons (Fsp3) is 0.357. The van der Waals surface area contributed by atoms with Gasteiger partial charge in [0.25, 0.3) is 14.4 Å². The van der Waals surface area contributed by atoms with Crippen molar-refractivity contribution >= 4 is 53.0 Å². The van der Waals surface area contributed by atoms with Crippen LogP contribution in [0.5, 0.6) is 11.5 Å². The maximum Gasteiger partial charge on any atom is 0.259 e. The van der Waals surface area contributed by atoms with Gasteiger partial charge < -0.3 is 37.9 Å². The summed E-state index contributed by atoms with van der Waals surface area (Å²) < 4.78 is 44.0. The van der Waals surface area contributed by atoms with Gasteiger partial charge in [0, 0.05) is 34.4 Å². The Hall–Kier alpha value is -5.35. The van der Waals surface area contributed by atoms with Crippen LogP contribution in [0.3, 0.4) is 0 Å². The Morgan fingerprint density at radius 2 is 1.31 bits per heavy atom. The second kappa shape index (κ2) is 25.5. The van der Waals surface area contributed by atoms with E-state index < -0.39 is 26.3 Å². The monoisotopic (exact) mass is 1030 g/mol. The van der Waals surface area contributed by atoms with E-state index in [0.717, 1.165) is 28.2 Å². The molecule has 3 atom stereocenters. The molecule has 72 heavy (non-hydrogen) atoms. The van der Waals surface area contributed by atoms with Gasteiger partial charge in [0.05, 0.1) is 40.3 Å². The molecule has 16 heteroatoms. The van der Waals surface area contributed by atoms with Crippen LogP contribution in [0.15, 0.2) is 151 Å². The molecular formula is C56H67N6O7PS2. The second-order valence-electron chi connectivity index (χ2n) is 18.6. The van der Waals surface area contributed by atoms with Crippen molar-refractivity contribution in [2.75, 3.05) is 39.9 Å². The molecule has 0 saturated heterocycles. The number of amides is 1. The van der Waals surface area contributed by atoms with Crippen molar-refractivity contribution in [3.05, 3.63) is 174 Å². The number of carbonyl (C=O) groups is 1. The van der Waals surface area contributed by atoms with E-state index in [1.807, 2.05) is 100 Å². The highest BCUT2D eigenvalue weighted by Gasteiger charge is 2.41. The van der Waals surface area contributed by atoms with Crippen molar-refractivity contribution in [1.29, 1.82) is 0 Å². The number of benzene rings is 5. The van der Waals surface area contributed by atoms with Crippen molar-refractivity contribution in [2.24, 2.45) is 0 Å². The van der Waals surface area contributed by atoms with Crippen LogP contribution in [0, 0.1) is 0 Å². The highest BCUT2D eigenvalue weighted by atomic mass is 33.1. The Morgan fingerprint density at radius 1 is 0.722 bits per heavy atom. The molecule has 7 rings (SSSR count). The van der Waals surface area contributed by atoms with E-state index in [1.54, 1.807) is 50.6 Å². The molecule has 13 nitrogen and oxygen atoms in total. The van der Waals surface area contributed by atoms with Crippen LogP contribution in [-0.2, 0) is 37.1 Å². The standard InChI is InChI=1S/C56H67N6O7PS2/c1-39(2)62(40(3)4)70(68-34-33-41-19-17-18-24-50(41)71-72-55(5,6)7)69-48(35-61-38-59-51-52(57-37-58-53(51)61)60-54(63)42-20-13-11-14-21-42)49(66-10)36-67-56(43-22-15-12-16-23-43,44-25-29-46(64-8)30-26-44)45-27-31-47(65-9)32-28-45/h11-32,37-40,48-49H,33-36H2,1-10H3,(H,57,58,60,63). The van der Waals surface area contributed by atoms with Crippen molar-refractivity contribution in [3.8, 4) is 11.5 Å². The minimum absolute atomic E-state index is 0.0634. The number of methoxy groups -OCH3 is 3. The largest absolute Gasteiger partial charge is 0.497 e. The number of rotatable bonds is 25. The van der Waals surface area contributed by atoms with Crippen LogP contribution in [0.1, 0.15) is 81.1 Å². The SMILES string of the molecule is COc1ccc(C(OCC(OC)C(Cn2cnc3c(NC(=O)c4ccccc4)ncnc32)OP(OCCc2ccccc2SSC(C)(C)C)N(C(C)C)C(C)C)(c2ccccc2)c2ccc(OC)cc2)cc1. The van der Waals surface area contributed by atoms with Crippen molar-refractivity contribution in [2.45, 2.75) is 101 Å². The molecule has 1 amide bonds. The smallest absolute Gasteiger partial charge is 0.259 e. The van der Waals surface area contributed by atoms with Gasteiger partial charge in [-0.25, -0.2) is 19.6 Å². The predicted molar refractivity (Wildman–Crippen MR) is 292 cm³/mol. The minimum Gasteiger partial charge on any atom is -0.497 e. The predicted octanol–water partition coefficient (Wildman–Crippen LogP) is 12.6. The Bertz CT molecular complexity index is 2720. The third kappa shape index (κ3) is 13.6. The molecule has 0 spiro atoms. The Balaban J connectivity index is 1.29. The summed E-state index contributed by atoms with van der Waals surface area (Å²) in [4.78, 5) is 28.5. The molecule has 7 aromatic rings. The molecule has 3 unspecified atom stereocenters. The number of hydrogen-bond acceptors (Lipinski definition) is 13. The molecule has 2 aromatic heterocycles. The molecule has 0 saturated carbocycles. The topological polar surface area (TPSA) is 131 Å². The van der Waals surface area contributed by atoms with Gasteiger partial charge in [-0.3, -0.25) is 4.79 Å². The van der Waals surface area contributed by atoms with E-state index in [-0.39, 0.29) is 35.9 Å². The van der Waals surface area contributed by atoms with E-state index in [4.69, 9.17) is 38.0 Å². The van der Waals surface area contributed by atoms with Gasteiger partial charge in [-0.1, -0.05) is 133 Å². The number of imidazole rings is 1. The lowest BCUT2D eigenvalue weighted by molar-refractivity contribution is -0.0925. The third-order valence-corrected chi connectivity index (χ3v) is 17.4. The van der Waals surface area contributed by atoms with Gasteiger partial charge in [-0.15, -0.1) is 0 Å². The second-order valence-corrected chi connectivity index (χ2v) is 23.0. The first kappa shape index (κ1) is 54.4. The number of hydrogen-bond donors (Lipinski definition) is 1. The number of carbonyl (C=O) groups excluding carboxylic acids is 1. The number of nitrogens with zero attached hydrogens (tertiary/aromatic N) is 5. The summed E-state index contributed by atoms with van der Waals surface area (Å²) in [5.41, 5.74) is 4.17. The molecular weight excluding hydrogens is 964 g/mol. The van der Waals surface area contributed by atoms with Gasteiger partial charge in [0.2, 0.25) is 0 Å². The number of nitrogens with one attached hydrogen (secondary N) is 1. The summed E-state index contributed by atoms with van der Waals surface area (Å²) in [6.07, 6.45) is 2.41. The fourth-order valence-corrected chi connectivity index (χ4v) is 12.3. The van der Waals surface area contributed by atoms with E-state index in [9.17, 15) is 4.79 Å². The Morgan fingerprint density at radius 3 is 1.89 bits per heavy atom. The molecule has 0 radical (unpaired) electrons. The zero-order chi connectivity index (χ0) is 51.3. The van der Waals surface area contributed by atoms with Crippen LogP contribution >= 0.6 is 30.1 Å². The van der Waals surface area contributed by atoms with E-state index in [0.29, 0.717) is 35.6 Å². The van der Waals surface area contributed by atoms with Gasteiger partial charge in [0.15, 0.2) is 17.0 Å². The fourth-order valence-electron chi connectivity index (χ4n) is 8.33. The first-order valence-electron chi connectivity index (χ1n) is 24.1. The van der Waals surface area contributed by atoms with Crippen molar-refractivity contribution in [1.82, 2.24) is 24.2 Å². The molecule has 1 N–H and O–H groups in total. The van der Waals surface area contributed by atoms with E-state index in [2.05, 4.69) is 99.8 Å². The van der Waals surface area contributed by atoms with Crippen LogP contribution in [-0.4, -0.2) is 93.7 Å². The molecule has 0 bridgehead atoms. The number of aromatic nitrogens is 4. The summed E-state index contributed by atoms with van der Waals surface area (Å²) >= 11 is 0. The van der Waals surface area contributed by atoms with Crippen LogP contribution in [0.2, 0.25) is 0 Å². The van der Waals surface area contributed by atoms with Crippen LogP contribution < -0.4 is 14.8 Å². The maximum absolute atomic E-state index is 13.4. The normalized spacial score (nSPS) is 13.4. The molecule has 5 aromatic carbocycles. The zero-order valence-corrected chi connectivity index (χ0v) is 45.4. The number of fused-ring (bicyclic) bond motifs is 1. The summed E-state index contributed by atoms with van der Waals surface area (Å²) in [5.74, 6) is 1.42. The average molecular weight is 1030 g/mol. The lowest BCUT2D eigenvalue weighted by atomic mass is 9.80. The molecule has 2 heterocycles. The number of anilines is 1. The molecule has 0 fully saturated rings. The van der Waals surface area contributed by atoms with Crippen LogP contribution in [0.4, 0.5) is 5.82 Å². The van der Waals surface area contributed by atoms with Gasteiger partial charge in [-0.2, -0.15) is 0 Å². The number of ether oxygens (including phenoxy) is 4. The maximum atomic E-state index is 13.4. The summed E-state index contributed by atoms with van der Waals surface area (Å²) in [5, 5.41) is 2.94. The Kier molecular flexibility index (Phi) is 19.3. The summed E-state index contributed by atoms with van der Waals surface area (Å²) in [6, 6.07) is 43.7. The van der Waals surface area contributed by atoms with Crippen molar-refractivity contribution in [3.63, 3.8) is 0 Å². The van der Waals surface area contributed by atoms with E-state index >= 15 is 0 Å². The average Bonchev–Trinajstić information content (AvgIpc) is 3.80. The highest BCUT2D eigenvalue weighted by molar-refractivity contribution is 8.77.